The van der Waals surface area contributed by atoms with Crippen LogP contribution >= 0.6 is 35.8 Å². The molecule has 1 saturated heterocycles. The van der Waals surface area contributed by atoms with Gasteiger partial charge in [-0.3, -0.25) is 9.69 Å². The van der Waals surface area contributed by atoms with Crippen molar-refractivity contribution in [3.63, 3.8) is 0 Å². The summed E-state index contributed by atoms with van der Waals surface area (Å²) in [7, 11) is 0. The van der Waals surface area contributed by atoms with E-state index in [1.165, 1.54) is 16.0 Å². The first-order valence-corrected chi connectivity index (χ1v) is 11.6. The third kappa shape index (κ3) is 6.75. The minimum absolute atomic E-state index is 0. The van der Waals surface area contributed by atoms with Gasteiger partial charge in [0.25, 0.3) is 5.91 Å². The predicted octanol–water partition coefficient (Wildman–Crippen LogP) is 6.01. The minimum Gasteiger partial charge on any atom is -0.336 e. The third-order valence-corrected chi connectivity index (χ3v) is 6.66. The van der Waals surface area contributed by atoms with Crippen LogP contribution in [0.15, 0.2) is 83.8 Å². The van der Waals surface area contributed by atoms with Gasteiger partial charge in [-0.1, -0.05) is 54.1 Å². The van der Waals surface area contributed by atoms with E-state index in [2.05, 4.69) is 41.3 Å². The standard InChI is InChI=1S/C25H25ClN2OS.ClH/c26-23-10-12-24(13-11-23)30-19-21-6-8-22(9-7-21)25(29)28-16-14-27(15-17-28)18-20-4-2-1-3-5-20;/h1-13H,14-19H2;1H. The van der Waals surface area contributed by atoms with Gasteiger partial charge in [-0.2, -0.15) is 0 Å². The Kier molecular flexibility index (Phi) is 8.85. The molecule has 162 valence electrons. The number of amides is 1. The second-order valence-corrected chi connectivity index (χ2v) is 8.98. The lowest BCUT2D eigenvalue weighted by atomic mass is 10.1. The highest BCUT2D eigenvalue weighted by atomic mass is 35.5. The van der Waals surface area contributed by atoms with Gasteiger partial charge in [0.05, 0.1) is 0 Å². The summed E-state index contributed by atoms with van der Waals surface area (Å²) in [5.74, 6) is 1.00. The van der Waals surface area contributed by atoms with Gasteiger partial charge in [-0.05, 0) is 47.5 Å². The Balaban J connectivity index is 0.00000272. The Morgan fingerprint density at radius 2 is 1.45 bits per heavy atom. The van der Waals surface area contributed by atoms with E-state index in [1.54, 1.807) is 11.8 Å². The first-order chi connectivity index (χ1) is 14.7. The molecule has 1 aliphatic rings. The molecule has 1 heterocycles. The molecule has 0 atom stereocenters. The lowest BCUT2D eigenvalue weighted by Crippen LogP contribution is -2.48. The van der Waals surface area contributed by atoms with Crippen LogP contribution in [0.1, 0.15) is 21.5 Å². The lowest BCUT2D eigenvalue weighted by molar-refractivity contribution is 0.0628. The fraction of sp³-hybridized carbons (Fsp3) is 0.240. The van der Waals surface area contributed by atoms with Gasteiger partial charge in [0.2, 0.25) is 0 Å². The average Bonchev–Trinajstić information content (AvgIpc) is 2.80. The number of hydrogen-bond donors (Lipinski definition) is 0. The molecule has 3 nitrogen and oxygen atoms in total. The normalized spacial score (nSPS) is 14.2. The van der Waals surface area contributed by atoms with Gasteiger partial charge in [-0.15, -0.1) is 24.2 Å². The summed E-state index contributed by atoms with van der Waals surface area (Å²) in [5.41, 5.74) is 3.30. The Morgan fingerprint density at radius 1 is 0.806 bits per heavy atom. The molecular formula is C25H26Cl2N2OS. The number of piperazine rings is 1. The van der Waals surface area contributed by atoms with Gasteiger partial charge in [0.1, 0.15) is 0 Å². The van der Waals surface area contributed by atoms with Gasteiger partial charge < -0.3 is 4.90 Å². The van der Waals surface area contributed by atoms with Crippen molar-refractivity contribution in [2.24, 2.45) is 0 Å². The zero-order chi connectivity index (χ0) is 20.8. The van der Waals surface area contributed by atoms with Gasteiger partial charge in [0.15, 0.2) is 0 Å². The molecule has 0 N–H and O–H groups in total. The molecule has 1 amide bonds. The van der Waals surface area contributed by atoms with Crippen LogP contribution in [0, 0.1) is 0 Å². The number of carbonyl (C=O) groups is 1. The summed E-state index contributed by atoms with van der Waals surface area (Å²) in [6.45, 7) is 4.33. The van der Waals surface area contributed by atoms with Crippen molar-refractivity contribution >= 4 is 41.7 Å². The van der Waals surface area contributed by atoms with Crippen molar-refractivity contribution < 1.29 is 4.79 Å². The summed E-state index contributed by atoms with van der Waals surface area (Å²) < 4.78 is 0. The molecule has 6 heteroatoms. The molecule has 0 aromatic heterocycles. The minimum atomic E-state index is 0. The number of rotatable bonds is 6. The maximum absolute atomic E-state index is 12.9. The fourth-order valence-electron chi connectivity index (χ4n) is 3.57. The van der Waals surface area contributed by atoms with Gasteiger partial charge in [-0.25, -0.2) is 0 Å². The average molecular weight is 473 g/mol. The highest BCUT2D eigenvalue weighted by molar-refractivity contribution is 7.98. The molecule has 1 fully saturated rings. The Bertz CT molecular complexity index is 957. The monoisotopic (exact) mass is 472 g/mol. The maximum atomic E-state index is 12.9. The van der Waals surface area contributed by atoms with Crippen molar-refractivity contribution in [3.05, 3.63) is 101 Å². The Hall–Kier alpha value is -1.98. The molecular weight excluding hydrogens is 447 g/mol. The summed E-state index contributed by atoms with van der Waals surface area (Å²) in [4.78, 5) is 18.4. The summed E-state index contributed by atoms with van der Waals surface area (Å²) >= 11 is 7.70. The highest BCUT2D eigenvalue weighted by Gasteiger charge is 2.22. The smallest absolute Gasteiger partial charge is 0.253 e. The molecule has 0 unspecified atom stereocenters. The molecule has 3 aromatic rings. The van der Waals surface area contributed by atoms with E-state index in [-0.39, 0.29) is 18.3 Å². The number of hydrogen-bond acceptors (Lipinski definition) is 3. The second kappa shape index (κ2) is 11.6. The lowest BCUT2D eigenvalue weighted by Gasteiger charge is -2.34. The summed E-state index contributed by atoms with van der Waals surface area (Å²) in [6.07, 6.45) is 0. The molecule has 31 heavy (non-hydrogen) atoms. The largest absolute Gasteiger partial charge is 0.336 e. The highest BCUT2D eigenvalue weighted by Crippen LogP contribution is 2.24. The van der Waals surface area contributed by atoms with Crippen molar-refractivity contribution in [3.8, 4) is 0 Å². The number of benzene rings is 3. The molecule has 4 rings (SSSR count). The van der Waals surface area contributed by atoms with E-state index in [1.807, 2.05) is 47.4 Å². The van der Waals surface area contributed by atoms with E-state index in [4.69, 9.17) is 11.6 Å². The summed E-state index contributed by atoms with van der Waals surface area (Å²) in [6, 6.07) is 26.4. The van der Waals surface area contributed by atoms with Crippen LogP contribution < -0.4 is 0 Å². The molecule has 1 aliphatic heterocycles. The Labute approximate surface area is 199 Å². The van der Waals surface area contributed by atoms with E-state index < -0.39 is 0 Å². The third-order valence-electron chi connectivity index (χ3n) is 5.33. The van der Waals surface area contributed by atoms with Crippen LogP contribution in [0.2, 0.25) is 5.02 Å². The molecule has 3 aromatic carbocycles. The van der Waals surface area contributed by atoms with Crippen molar-refractivity contribution in [2.45, 2.75) is 17.2 Å². The van der Waals surface area contributed by atoms with E-state index in [9.17, 15) is 4.79 Å². The quantitative estimate of drug-likeness (QED) is 0.410. The van der Waals surface area contributed by atoms with Crippen LogP contribution in [-0.2, 0) is 12.3 Å². The van der Waals surface area contributed by atoms with Crippen LogP contribution in [0.4, 0.5) is 0 Å². The van der Waals surface area contributed by atoms with E-state index >= 15 is 0 Å². The number of thioether (sulfide) groups is 1. The second-order valence-electron chi connectivity index (χ2n) is 7.49. The van der Waals surface area contributed by atoms with Crippen LogP contribution in [-0.4, -0.2) is 41.9 Å². The van der Waals surface area contributed by atoms with E-state index in [0.29, 0.717) is 0 Å². The predicted molar refractivity (Wildman–Crippen MR) is 132 cm³/mol. The molecule has 0 radical (unpaired) electrons. The van der Waals surface area contributed by atoms with Crippen molar-refractivity contribution in [1.29, 1.82) is 0 Å². The fourth-order valence-corrected chi connectivity index (χ4v) is 4.55. The molecule has 0 bridgehead atoms. The first kappa shape index (κ1) is 23.7. The van der Waals surface area contributed by atoms with Crippen LogP contribution in [0.3, 0.4) is 0 Å². The summed E-state index contributed by atoms with van der Waals surface area (Å²) in [5, 5.41) is 0.753. The number of nitrogens with zero attached hydrogens (tertiary/aromatic N) is 2. The molecule has 0 saturated carbocycles. The van der Waals surface area contributed by atoms with Gasteiger partial charge in [0, 0.05) is 54.0 Å². The van der Waals surface area contributed by atoms with Crippen LogP contribution in [0.5, 0.6) is 0 Å². The first-order valence-electron chi connectivity index (χ1n) is 10.2. The number of carbonyl (C=O) groups excluding carboxylic acids is 1. The maximum Gasteiger partial charge on any atom is 0.253 e. The molecule has 0 aliphatic carbocycles. The van der Waals surface area contributed by atoms with Gasteiger partial charge >= 0.3 is 0 Å². The zero-order valence-electron chi connectivity index (χ0n) is 17.2. The van der Waals surface area contributed by atoms with Crippen molar-refractivity contribution in [1.82, 2.24) is 9.80 Å². The molecule has 0 spiro atoms. The van der Waals surface area contributed by atoms with Crippen LogP contribution in [0.25, 0.3) is 0 Å². The van der Waals surface area contributed by atoms with Crippen molar-refractivity contribution in [2.75, 3.05) is 26.2 Å². The Morgan fingerprint density at radius 3 is 2.10 bits per heavy atom. The topological polar surface area (TPSA) is 23.6 Å². The van der Waals surface area contributed by atoms with E-state index in [0.717, 1.165) is 49.1 Å². The zero-order valence-corrected chi connectivity index (χ0v) is 19.6. The SMILES string of the molecule is Cl.O=C(c1ccc(CSc2ccc(Cl)cc2)cc1)N1CCN(Cc2ccccc2)CC1. The number of halogens is 2.